The average molecular weight is 209 g/mol. The topological polar surface area (TPSA) is 26.0 Å². The Kier molecular flexibility index (Phi) is 3.71. The van der Waals surface area contributed by atoms with Crippen molar-refractivity contribution < 1.29 is 0 Å². The summed E-state index contributed by atoms with van der Waals surface area (Å²) in [6.07, 6.45) is 13.9. The summed E-state index contributed by atoms with van der Waals surface area (Å²) in [6, 6.07) is 0. The number of hydrogen-bond donors (Lipinski definition) is 1. The predicted molar refractivity (Wildman–Crippen MR) is 65.7 cm³/mol. The third-order valence-corrected chi connectivity index (χ3v) is 4.74. The van der Waals surface area contributed by atoms with Crippen molar-refractivity contribution in [2.75, 3.05) is 0 Å². The van der Waals surface area contributed by atoms with Crippen LogP contribution in [0.5, 0.6) is 0 Å². The van der Waals surface area contributed by atoms with E-state index in [0.717, 1.165) is 11.8 Å². The van der Waals surface area contributed by atoms with Gasteiger partial charge in [0, 0.05) is 5.54 Å². The average Bonchev–Trinajstić information content (AvgIpc) is 2.45. The van der Waals surface area contributed by atoms with E-state index in [0.29, 0.717) is 0 Å². The second-order valence-corrected chi connectivity index (χ2v) is 6.12. The molecule has 2 unspecified atom stereocenters. The molecule has 2 aliphatic carbocycles. The Balaban J connectivity index is 1.98. The predicted octanol–water partition coefficient (Wildman–Crippen LogP) is 3.86. The van der Waals surface area contributed by atoms with E-state index < -0.39 is 0 Å². The van der Waals surface area contributed by atoms with Gasteiger partial charge in [-0.05, 0) is 37.5 Å². The number of nitrogens with two attached hydrogens (primary N) is 1. The maximum Gasteiger partial charge on any atom is 0.0185 e. The van der Waals surface area contributed by atoms with Crippen LogP contribution < -0.4 is 5.73 Å². The zero-order chi connectivity index (χ0) is 10.7. The molecular weight excluding hydrogens is 182 g/mol. The van der Waals surface area contributed by atoms with Gasteiger partial charge >= 0.3 is 0 Å². The van der Waals surface area contributed by atoms with Crippen molar-refractivity contribution in [1.29, 1.82) is 0 Å². The van der Waals surface area contributed by atoms with Crippen molar-refractivity contribution in [1.82, 2.24) is 0 Å². The van der Waals surface area contributed by atoms with Crippen LogP contribution in [0.15, 0.2) is 0 Å². The molecule has 0 spiro atoms. The molecule has 88 valence electrons. The molecule has 2 N–H and O–H groups in total. The Labute approximate surface area is 94.8 Å². The van der Waals surface area contributed by atoms with E-state index in [4.69, 9.17) is 5.73 Å². The first-order valence-electron chi connectivity index (χ1n) is 6.99. The molecule has 0 aromatic rings. The first-order chi connectivity index (χ1) is 7.21. The van der Waals surface area contributed by atoms with E-state index in [1.807, 2.05) is 0 Å². The largest absolute Gasteiger partial charge is 0.325 e. The van der Waals surface area contributed by atoms with Crippen LogP contribution in [-0.2, 0) is 0 Å². The van der Waals surface area contributed by atoms with E-state index in [1.165, 1.54) is 64.2 Å². The molecule has 2 atom stereocenters. The molecule has 1 heteroatoms. The molecule has 0 saturated heterocycles. The lowest BCUT2D eigenvalue weighted by Gasteiger charge is -2.43. The van der Waals surface area contributed by atoms with E-state index in [-0.39, 0.29) is 5.54 Å². The highest BCUT2D eigenvalue weighted by molar-refractivity contribution is 4.95. The highest BCUT2D eigenvalue weighted by atomic mass is 14.8. The molecule has 0 bridgehead atoms. The maximum atomic E-state index is 6.69. The van der Waals surface area contributed by atoms with Crippen LogP contribution in [-0.4, -0.2) is 5.54 Å². The summed E-state index contributed by atoms with van der Waals surface area (Å²) in [4.78, 5) is 0. The first-order valence-corrected chi connectivity index (χ1v) is 6.99. The van der Waals surface area contributed by atoms with Gasteiger partial charge in [0.1, 0.15) is 0 Å². The molecule has 0 aliphatic heterocycles. The van der Waals surface area contributed by atoms with Crippen LogP contribution in [0.2, 0.25) is 0 Å². The fourth-order valence-corrected chi connectivity index (χ4v) is 3.86. The molecule has 1 nitrogen and oxygen atoms in total. The highest BCUT2D eigenvalue weighted by Crippen LogP contribution is 2.41. The van der Waals surface area contributed by atoms with E-state index in [9.17, 15) is 0 Å². The minimum Gasteiger partial charge on any atom is -0.325 e. The Morgan fingerprint density at radius 2 is 1.60 bits per heavy atom. The fraction of sp³-hybridized carbons (Fsp3) is 1.00. The number of rotatable bonds is 1. The zero-order valence-corrected chi connectivity index (χ0v) is 10.3. The van der Waals surface area contributed by atoms with E-state index in [2.05, 4.69) is 6.92 Å². The zero-order valence-electron chi connectivity index (χ0n) is 10.3. The van der Waals surface area contributed by atoms with Crippen molar-refractivity contribution in [3.05, 3.63) is 0 Å². The smallest absolute Gasteiger partial charge is 0.0185 e. The molecular formula is C14H27N. The molecule has 0 aromatic carbocycles. The summed E-state index contributed by atoms with van der Waals surface area (Å²) in [5.41, 5.74) is 6.90. The summed E-state index contributed by atoms with van der Waals surface area (Å²) in [7, 11) is 0. The lowest BCUT2D eigenvalue weighted by Crippen LogP contribution is -2.50. The van der Waals surface area contributed by atoms with Crippen LogP contribution in [0, 0.1) is 11.8 Å². The summed E-state index contributed by atoms with van der Waals surface area (Å²) < 4.78 is 0. The molecule has 15 heavy (non-hydrogen) atoms. The molecule has 0 aromatic heterocycles. The van der Waals surface area contributed by atoms with Gasteiger partial charge in [0.05, 0.1) is 0 Å². The van der Waals surface area contributed by atoms with E-state index >= 15 is 0 Å². The summed E-state index contributed by atoms with van der Waals surface area (Å²) in [5.74, 6) is 1.70. The number of hydrogen-bond acceptors (Lipinski definition) is 1. The van der Waals surface area contributed by atoms with Crippen molar-refractivity contribution in [3.63, 3.8) is 0 Å². The van der Waals surface area contributed by atoms with Gasteiger partial charge in [0.2, 0.25) is 0 Å². The third-order valence-electron chi connectivity index (χ3n) is 4.74. The van der Waals surface area contributed by atoms with Crippen LogP contribution in [0.1, 0.15) is 71.1 Å². The molecule has 2 aliphatic rings. The van der Waals surface area contributed by atoms with Crippen molar-refractivity contribution in [2.24, 2.45) is 17.6 Å². The molecule has 0 amide bonds. The summed E-state index contributed by atoms with van der Waals surface area (Å²) in [6.45, 7) is 2.39. The van der Waals surface area contributed by atoms with Crippen LogP contribution >= 0.6 is 0 Å². The quantitative estimate of drug-likeness (QED) is 0.652. The van der Waals surface area contributed by atoms with Gasteiger partial charge in [0.25, 0.3) is 0 Å². The second-order valence-electron chi connectivity index (χ2n) is 6.12. The maximum absolute atomic E-state index is 6.69. The lowest BCUT2D eigenvalue weighted by molar-refractivity contribution is 0.146. The third kappa shape index (κ3) is 2.75. The molecule has 0 radical (unpaired) electrons. The van der Waals surface area contributed by atoms with Crippen molar-refractivity contribution in [3.8, 4) is 0 Å². The van der Waals surface area contributed by atoms with Gasteiger partial charge < -0.3 is 5.73 Å². The summed E-state index contributed by atoms with van der Waals surface area (Å²) >= 11 is 0. The molecule has 2 saturated carbocycles. The standard InChI is InChI=1S/C14H27N/c1-12-7-6-10-14(15,11-12)13-8-4-2-3-5-9-13/h12-13H,2-11,15H2,1H3. The van der Waals surface area contributed by atoms with Crippen LogP contribution in [0.3, 0.4) is 0 Å². The normalized spacial score (nSPS) is 40.0. The van der Waals surface area contributed by atoms with Crippen molar-refractivity contribution in [2.45, 2.75) is 76.7 Å². The van der Waals surface area contributed by atoms with Crippen molar-refractivity contribution >= 4 is 0 Å². The Morgan fingerprint density at radius 1 is 0.933 bits per heavy atom. The minimum absolute atomic E-state index is 0.210. The Bertz CT molecular complexity index is 194. The SMILES string of the molecule is CC1CCCC(N)(C2CCCCCC2)C1. The minimum atomic E-state index is 0.210. The molecule has 2 rings (SSSR count). The van der Waals surface area contributed by atoms with Crippen LogP contribution in [0.25, 0.3) is 0 Å². The lowest BCUT2D eigenvalue weighted by atomic mass is 9.68. The van der Waals surface area contributed by atoms with Gasteiger partial charge in [-0.25, -0.2) is 0 Å². The molecule has 0 heterocycles. The Morgan fingerprint density at radius 3 is 2.20 bits per heavy atom. The highest BCUT2D eigenvalue weighted by Gasteiger charge is 2.37. The Hall–Kier alpha value is -0.0400. The summed E-state index contributed by atoms with van der Waals surface area (Å²) in [5, 5.41) is 0. The monoisotopic (exact) mass is 209 g/mol. The fourth-order valence-electron chi connectivity index (χ4n) is 3.86. The van der Waals surface area contributed by atoms with Gasteiger partial charge in [-0.1, -0.05) is 45.4 Å². The van der Waals surface area contributed by atoms with E-state index in [1.54, 1.807) is 0 Å². The van der Waals surface area contributed by atoms with Crippen LogP contribution in [0.4, 0.5) is 0 Å². The van der Waals surface area contributed by atoms with Gasteiger partial charge in [0.15, 0.2) is 0 Å². The van der Waals surface area contributed by atoms with Gasteiger partial charge in [-0.15, -0.1) is 0 Å². The first kappa shape index (κ1) is 11.4. The van der Waals surface area contributed by atoms with Gasteiger partial charge in [-0.3, -0.25) is 0 Å². The molecule has 2 fully saturated rings. The van der Waals surface area contributed by atoms with Gasteiger partial charge in [-0.2, -0.15) is 0 Å². The second kappa shape index (κ2) is 4.86.